The van der Waals surface area contributed by atoms with Gasteiger partial charge in [-0.25, -0.2) is 0 Å². The predicted molar refractivity (Wildman–Crippen MR) is 90.6 cm³/mol. The predicted octanol–water partition coefficient (Wildman–Crippen LogP) is 1.76. The van der Waals surface area contributed by atoms with E-state index < -0.39 is 0 Å². The van der Waals surface area contributed by atoms with Crippen LogP contribution in [0.1, 0.15) is 25.5 Å². The summed E-state index contributed by atoms with van der Waals surface area (Å²) in [5.74, 6) is 0.945. The maximum atomic E-state index is 4.36. The number of hydrogen-bond donors (Lipinski definition) is 1. The summed E-state index contributed by atoms with van der Waals surface area (Å²) in [6, 6.07) is 4.21. The van der Waals surface area contributed by atoms with E-state index in [-0.39, 0.29) is 0 Å². The maximum absolute atomic E-state index is 4.36. The Bertz CT molecular complexity index is 424. The number of nitrogens with one attached hydrogen (secondary N) is 1. The van der Waals surface area contributed by atoms with Crippen LogP contribution in [0.3, 0.4) is 0 Å². The first-order valence-corrected chi connectivity index (χ1v) is 7.79. The van der Waals surface area contributed by atoms with Gasteiger partial charge in [0, 0.05) is 46.1 Å². The Kier molecular flexibility index (Phi) is 7.90. The molecule has 0 aliphatic carbocycles. The fourth-order valence-corrected chi connectivity index (χ4v) is 2.26. The van der Waals surface area contributed by atoms with Crippen molar-refractivity contribution < 1.29 is 0 Å². The van der Waals surface area contributed by atoms with E-state index in [1.165, 1.54) is 18.5 Å². The zero-order valence-corrected chi connectivity index (χ0v) is 14.3. The smallest absolute Gasteiger partial charge is 0.193 e. The van der Waals surface area contributed by atoms with Gasteiger partial charge in [0.2, 0.25) is 0 Å². The van der Waals surface area contributed by atoms with Gasteiger partial charge >= 0.3 is 0 Å². The van der Waals surface area contributed by atoms with Crippen molar-refractivity contribution in [3.05, 3.63) is 24.0 Å². The fraction of sp³-hybridized carbons (Fsp3) is 0.688. The Morgan fingerprint density at radius 3 is 2.67 bits per heavy atom. The topological polar surface area (TPSA) is 35.8 Å². The van der Waals surface area contributed by atoms with Crippen molar-refractivity contribution in [2.75, 3.05) is 40.8 Å². The largest absolute Gasteiger partial charge is 0.355 e. The van der Waals surface area contributed by atoms with Gasteiger partial charge in [-0.3, -0.25) is 4.99 Å². The number of guanidine groups is 1. The average Bonchev–Trinajstić information content (AvgIpc) is 2.86. The molecule has 1 aromatic rings. The molecule has 1 heterocycles. The minimum atomic E-state index is 0.856. The van der Waals surface area contributed by atoms with Crippen molar-refractivity contribution in [2.45, 2.75) is 26.3 Å². The van der Waals surface area contributed by atoms with E-state index >= 15 is 0 Å². The highest BCUT2D eigenvalue weighted by molar-refractivity contribution is 5.79. The second-order valence-electron chi connectivity index (χ2n) is 5.60. The van der Waals surface area contributed by atoms with Gasteiger partial charge < -0.3 is 19.7 Å². The zero-order chi connectivity index (χ0) is 15.7. The van der Waals surface area contributed by atoms with Crippen LogP contribution in [-0.4, -0.2) is 61.1 Å². The van der Waals surface area contributed by atoms with Gasteiger partial charge in [-0.15, -0.1) is 0 Å². The Balaban J connectivity index is 2.36. The molecule has 0 unspecified atom stereocenters. The van der Waals surface area contributed by atoms with Crippen molar-refractivity contribution >= 4 is 5.96 Å². The molecule has 1 aromatic heterocycles. The van der Waals surface area contributed by atoms with Crippen LogP contribution in [0.25, 0.3) is 0 Å². The molecule has 21 heavy (non-hydrogen) atoms. The van der Waals surface area contributed by atoms with E-state index in [0.717, 1.165) is 32.1 Å². The van der Waals surface area contributed by atoms with Gasteiger partial charge in [-0.1, -0.05) is 13.3 Å². The van der Waals surface area contributed by atoms with Crippen LogP contribution in [0.2, 0.25) is 0 Å². The molecule has 0 bridgehead atoms. The second kappa shape index (κ2) is 9.45. The van der Waals surface area contributed by atoms with Crippen LogP contribution in [-0.2, 0) is 13.6 Å². The number of rotatable bonds is 8. The van der Waals surface area contributed by atoms with E-state index in [1.807, 2.05) is 7.05 Å². The van der Waals surface area contributed by atoms with Crippen LogP contribution in [0.4, 0.5) is 0 Å². The number of unbranched alkanes of at least 4 members (excludes halogenated alkanes) is 1. The van der Waals surface area contributed by atoms with E-state index in [1.54, 1.807) is 0 Å². The minimum absolute atomic E-state index is 0.856. The molecule has 5 heteroatoms. The lowest BCUT2D eigenvalue weighted by molar-refractivity contribution is 0.329. The normalized spacial score (nSPS) is 12.0. The molecular weight excluding hydrogens is 262 g/mol. The van der Waals surface area contributed by atoms with E-state index in [9.17, 15) is 0 Å². The molecule has 0 fully saturated rings. The molecule has 0 amide bonds. The monoisotopic (exact) mass is 293 g/mol. The van der Waals surface area contributed by atoms with Crippen LogP contribution in [0.5, 0.6) is 0 Å². The number of likely N-dealkylation sites (N-methyl/N-ethyl adjacent to an activating group) is 1. The first kappa shape index (κ1) is 17.6. The van der Waals surface area contributed by atoms with Gasteiger partial charge in [-0.05, 0) is 32.1 Å². The third-order valence-electron chi connectivity index (χ3n) is 3.69. The van der Waals surface area contributed by atoms with Crippen LogP contribution < -0.4 is 5.32 Å². The number of nitrogens with zero attached hydrogens (tertiary/aromatic N) is 4. The average molecular weight is 293 g/mol. The molecule has 0 aliphatic rings. The molecule has 1 rings (SSSR count). The first-order valence-electron chi connectivity index (χ1n) is 7.79. The molecule has 0 atom stereocenters. The summed E-state index contributed by atoms with van der Waals surface area (Å²) >= 11 is 0. The number of hydrogen-bond acceptors (Lipinski definition) is 2. The second-order valence-corrected chi connectivity index (χ2v) is 5.60. The molecule has 0 radical (unpaired) electrons. The number of aliphatic imine (C=N–C) groups is 1. The van der Waals surface area contributed by atoms with Crippen LogP contribution in [0, 0.1) is 0 Å². The molecule has 0 saturated heterocycles. The molecule has 120 valence electrons. The molecule has 0 aromatic carbocycles. The van der Waals surface area contributed by atoms with E-state index in [2.05, 4.69) is 71.1 Å². The summed E-state index contributed by atoms with van der Waals surface area (Å²) in [4.78, 5) is 8.88. The van der Waals surface area contributed by atoms with Crippen molar-refractivity contribution in [3.63, 3.8) is 0 Å². The molecule has 0 saturated carbocycles. The van der Waals surface area contributed by atoms with Crippen molar-refractivity contribution in [2.24, 2.45) is 12.0 Å². The van der Waals surface area contributed by atoms with E-state index in [0.29, 0.717) is 0 Å². The van der Waals surface area contributed by atoms with Crippen molar-refractivity contribution in [3.8, 4) is 0 Å². The Morgan fingerprint density at radius 2 is 2.10 bits per heavy atom. The summed E-state index contributed by atoms with van der Waals surface area (Å²) in [5, 5.41) is 3.43. The van der Waals surface area contributed by atoms with Crippen molar-refractivity contribution in [1.82, 2.24) is 19.7 Å². The fourth-order valence-electron chi connectivity index (χ4n) is 2.26. The van der Waals surface area contributed by atoms with Crippen LogP contribution in [0.15, 0.2) is 23.3 Å². The number of aromatic nitrogens is 1. The zero-order valence-electron chi connectivity index (χ0n) is 14.3. The Hall–Kier alpha value is -1.49. The van der Waals surface area contributed by atoms with Crippen LogP contribution >= 0.6 is 0 Å². The molecular formula is C16H31N5. The SMILES string of the molecule is CCCCN(C)CCNC(=NC)N(C)Cc1cccn1C. The Morgan fingerprint density at radius 1 is 1.33 bits per heavy atom. The molecule has 0 spiro atoms. The highest BCUT2D eigenvalue weighted by atomic mass is 15.3. The maximum Gasteiger partial charge on any atom is 0.193 e. The number of aryl methyl sites for hydroxylation is 1. The Labute approximate surface area is 129 Å². The lowest BCUT2D eigenvalue weighted by atomic mass is 10.3. The summed E-state index contributed by atoms with van der Waals surface area (Å²) in [6.45, 7) is 6.21. The summed E-state index contributed by atoms with van der Waals surface area (Å²) in [7, 11) is 8.16. The standard InChI is InChI=1S/C16H31N5/c1-6-7-11-19(3)13-10-18-16(17-2)21(5)14-15-9-8-12-20(15)4/h8-9,12H,6-7,10-11,13-14H2,1-5H3,(H,17,18). The molecule has 5 nitrogen and oxygen atoms in total. The van der Waals surface area contributed by atoms with E-state index in [4.69, 9.17) is 0 Å². The summed E-state index contributed by atoms with van der Waals surface area (Å²) in [5.41, 5.74) is 1.28. The van der Waals surface area contributed by atoms with Gasteiger partial charge in [0.15, 0.2) is 5.96 Å². The summed E-state index contributed by atoms with van der Waals surface area (Å²) < 4.78 is 2.14. The lowest BCUT2D eigenvalue weighted by Gasteiger charge is -2.23. The van der Waals surface area contributed by atoms with Gasteiger partial charge in [0.25, 0.3) is 0 Å². The minimum Gasteiger partial charge on any atom is -0.355 e. The third-order valence-corrected chi connectivity index (χ3v) is 3.69. The highest BCUT2D eigenvalue weighted by Crippen LogP contribution is 2.03. The molecule has 1 N–H and O–H groups in total. The molecule has 0 aliphatic heterocycles. The van der Waals surface area contributed by atoms with Gasteiger partial charge in [0.05, 0.1) is 6.54 Å². The van der Waals surface area contributed by atoms with Gasteiger partial charge in [0.1, 0.15) is 0 Å². The van der Waals surface area contributed by atoms with Crippen molar-refractivity contribution in [1.29, 1.82) is 0 Å². The quantitative estimate of drug-likeness (QED) is 0.586. The third kappa shape index (κ3) is 6.21. The highest BCUT2D eigenvalue weighted by Gasteiger charge is 2.08. The first-order chi connectivity index (χ1) is 10.1. The van der Waals surface area contributed by atoms with Gasteiger partial charge in [-0.2, -0.15) is 0 Å². The summed E-state index contributed by atoms with van der Waals surface area (Å²) in [6.07, 6.45) is 4.58. The lowest BCUT2D eigenvalue weighted by Crippen LogP contribution is -2.42.